The molecule has 2 N–H and O–H groups in total. The number of nitro benzene ring substituents is 2. The lowest BCUT2D eigenvalue weighted by molar-refractivity contribution is -0.393. The van der Waals surface area contributed by atoms with Gasteiger partial charge in [0.05, 0.1) is 15.9 Å². The Hall–Kier alpha value is -2.88. The fourth-order valence-corrected chi connectivity index (χ4v) is 3.74. The van der Waals surface area contributed by atoms with Crippen LogP contribution in [0.25, 0.3) is 0 Å². The van der Waals surface area contributed by atoms with Crippen molar-refractivity contribution in [3.05, 3.63) is 38.4 Å². The van der Waals surface area contributed by atoms with Crippen LogP contribution in [-0.4, -0.2) is 32.6 Å². The molecule has 2 aliphatic carbocycles. The molecule has 0 radical (unpaired) electrons. The zero-order valence-corrected chi connectivity index (χ0v) is 13.8. The zero-order chi connectivity index (χ0) is 18.8. The van der Waals surface area contributed by atoms with Crippen LogP contribution in [0.4, 0.5) is 17.1 Å². The smallest absolute Gasteiger partial charge is 0.301 e. The minimum Gasteiger partial charge on any atom is -0.385 e. The van der Waals surface area contributed by atoms with Crippen LogP contribution in [0.1, 0.15) is 32.1 Å². The molecule has 0 aliphatic heterocycles. The van der Waals surface area contributed by atoms with E-state index in [1.54, 1.807) is 0 Å². The molecule has 3 unspecified atom stereocenters. The van der Waals surface area contributed by atoms with Crippen LogP contribution in [0.2, 0.25) is 0 Å². The maximum absolute atomic E-state index is 11.6. The number of non-ortho nitro benzene ring substituents is 1. The van der Waals surface area contributed by atoms with E-state index in [9.17, 15) is 30.1 Å². The molecule has 26 heavy (non-hydrogen) atoms. The summed E-state index contributed by atoms with van der Waals surface area (Å²) in [5, 5.41) is 36.3. The van der Waals surface area contributed by atoms with Crippen molar-refractivity contribution in [3.63, 3.8) is 0 Å². The standard InChI is InChI=1S/C16H18N4O6/c21-15-7-5-11(16(15)22)10-2-1-3-12(10)17-18-13-6-4-9(19(23)24)8-14(13)20(25)26/h4,6,8,10-11,16,18,22H,1-3,5,7H2. The van der Waals surface area contributed by atoms with Crippen LogP contribution in [-0.2, 0) is 4.79 Å². The number of anilines is 1. The molecule has 10 heteroatoms. The van der Waals surface area contributed by atoms with Gasteiger partial charge >= 0.3 is 5.69 Å². The van der Waals surface area contributed by atoms with Gasteiger partial charge in [-0.3, -0.25) is 30.4 Å². The van der Waals surface area contributed by atoms with Gasteiger partial charge in [-0.25, -0.2) is 0 Å². The Balaban J connectivity index is 1.81. The molecule has 3 rings (SSSR count). The maximum Gasteiger partial charge on any atom is 0.301 e. The summed E-state index contributed by atoms with van der Waals surface area (Å²) in [7, 11) is 0. The molecule has 138 valence electrons. The van der Waals surface area contributed by atoms with Gasteiger partial charge in [-0.2, -0.15) is 5.10 Å². The molecule has 0 saturated heterocycles. The topological polar surface area (TPSA) is 148 Å². The van der Waals surface area contributed by atoms with Crippen molar-refractivity contribution in [1.82, 2.24) is 0 Å². The monoisotopic (exact) mass is 362 g/mol. The second-order valence-electron chi connectivity index (χ2n) is 6.54. The van der Waals surface area contributed by atoms with E-state index < -0.39 is 21.6 Å². The van der Waals surface area contributed by atoms with Crippen LogP contribution >= 0.6 is 0 Å². The number of hydrazone groups is 1. The van der Waals surface area contributed by atoms with Crippen LogP contribution in [0.5, 0.6) is 0 Å². The summed E-state index contributed by atoms with van der Waals surface area (Å²) in [5.41, 5.74) is 2.65. The maximum atomic E-state index is 11.6. The number of carbonyl (C=O) groups is 1. The predicted molar refractivity (Wildman–Crippen MR) is 91.9 cm³/mol. The lowest BCUT2D eigenvalue weighted by Crippen LogP contribution is -2.29. The van der Waals surface area contributed by atoms with Crippen molar-refractivity contribution in [2.24, 2.45) is 16.9 Å². The van der Waals surface area contributed by atoms with E-state index in [1.807, 2.05) is 0 Å². The first-order valence-corrected chi connectivity index (χ1v) is 8.34. The van der Waals surface area contributed by atoms with E-state index in [2.05, 4.69) is 10.5 Å². The fourth-order valence-electron chi connectivity index (χ4n) is 3.74. The number of ketones is 1. The van der Waals surface area contributed by atoms with Gasteiger partial charge in [-0.15, -0.1) is 0 Å². The first-order chi connectivity index (χ1) is 12.4. The third kappa shape index (κ3) is 3.40. The molecule has 3 atom stereocenters. The molecule has 0 spiro atoms. The van der Waals surface area contributed by atoms with Crippen molar-refractivity contribution < 1.29 is 19.7 Å². The fraction of sp³-hybridized carbons (Fsp3) is 0.500. The SMILES string of the molecule is O=C1CCC(C2CCCC2=NNc2ccc([N+](=O)[O-])cc2[N+](=O)[O-])C1O. The van der Waals surface area contributed by atoms with Gasteiger partial charge in [0.25, 0.3) is 5.69 Å². The van der Waals surface area contributed by atoms with Gasteiger partial charge in [-0.1, -0.05) is 0 Å². The highest BCUT2D eigenvalue weighted by atomic mass is 16.6. The van der Waals surface area contributed by atoms with E-state index >= 15 is 0 Å². The highest BCUT2D eigenvalue weighted by Gasteiger charge is 2.41. The Kier molecular flexibility index (Phi) is 4.94. The number of rotatable bonds is 5. The van der Waals surface area contributed by atoms with Gasteiger partial charge in [0.2, 0.25) is 0 Å². The highest BCUT2D eigenvalue weighted by Crippen LogP contribution is 2.38. The largest absolute Gasteiger partial charge is 0.385 e. The molecule has 1 aromatic rings. The Morgan fingerprint density at radius 3 is 2.54 bits per heavy atom. The van der Waals surface area contributed by atoms with Crippen LogP contribution < -0.4 is 5.43 Å². The number of benzene rings is 1. The Morgan fingerprint density at radius 1 is 1.15 bits per heavy atom. The highest BCUT2D eigenvalue weighted by molar-refractivity contribution is 5.92. The summed E-state index contributed by atoms with van der Waals surface area (Å²) in [6, 6.07) is 3.30. The number of aliphatic hydroxyl groups excluding tert-OH is 1. The van der Waals surface area contributed by atoms with E-state index in [-0.39, 0.29) is 29.0 Å². The molecule has 0 aromatic heterocycles. The number of nitrogens with one attached hydrogen (secondary N) is 1. The van der Waals surface area contributed by atoms with Crippen molar-refractivity contribution in [3.8, 4) is 0 Å². The summed E-state index contributed by atoms with van der Waals surface area (Å²) >= 11 is 0. The van der Waals surface area contributed by atoms with E-state index in [1.165, 1.54) is 12.1 Å². The second-order valence-corrected chi connectivity index (χ2v) is 6.54. The third-order valence-corrected chi connectivity index (χ3v) is 5.06. The lowest BCUT2D eigenvalue weighted by atomic mass is 9.87. The molecular weight excluding hydrogens is 344 g/mol. The summed E-state index contributed by atoms with van der Waals surface area (Å²) in [5.74, 6) is -0.362. The number of aliphatic hydroxyl groups is 1. The number of nitrogens with zero attached hydrogens (tertiary/aromatic N) is 3. The normalized spacial score (nSPS) is 27.0. The van der Waals surface area contributed by atoms with Gasteiger partial charge < -0.3 is 5.11 Å². The summed E-state index contributed by atoms with van der Waals surface area (Å²) in [4.78, 5) is 32.1. The van der Waals surface area contributed by atoms with Gasteiger partial charge in [0, 0.05) is 30.0 Å². The molecule has 0 bridgehead atoms. The van der Waals surface area contributed by atoms with Crippen LogP contribution in [0.3, 0.4) is 0 Å². The molecule has 2 aliphatic rings. The number of hydrogen-bond donors (Lipinski definition) is 2. The molecule has 0 amide bonds. The van der Waals surface area contributed by atoms with Gasteiger partial charge in [0.15, 0.2) is 5.78 Å². The van der Waals surface area contributed by atoms with Gasteiger partial charge in [0.1, 0.15) is 11.8 Å². The van der Waals surface area contributed by atoms with Crippen molar-refractivity contribution >= 4 is 28.6 Å². The van der Waals surface area contributed by atoms with Crippen LogP contribution in [0, 0.1) is 32.1 Å². The third-order valence-electron chi connectivity index (χ3n) is 5.06. The van der Waals surface area contributed by atoms with Crippen molar-refractivity contribution in [1.29, 1.82) is 0 Å². The molecule has 2 saturated carbocycles. The van der Waals surface area contributed by atoms with Gasteiger partial charge in [-0.05, 0) is 31.7 Å². The minimum atomic E-state index is -0.975. The lowest BCUT2D eigenvalue weighted by Gasteiger charge is -2.21. The average molecular weight is 362 g/mol. The molecule has 2 fully saturated rings. The predicted octanol–water partition coefficient (Wildman–Crippen LogP) is 2.41. The summed E-state index contributed by atoms with van der Waals surface area (Å²) in [6.45, 7) is 0. The summed E-state index contributed by atoms with van der Waals surface area (Å²) in [6.07, 6.45) is 2.34. The van der Waals surface area contributed by atoms with E-state index in [0.29, 0.717) is 19.3 Å². The Bertz CT molecular complexity index is 793. The second kappa shape index (κ2) is 7.16. The Labute approximate surface area is 148 Å². The molecular formula is C16H18N4O6. The number of Topliss-reactive ketones (excluding diaryl/α,β-unsaturated/α-hetero) is 1. The number of hydrogen-bond acceptors (Lipinski definition) is 8. The first kappa shape index (κ1) is 17.9. The van der Waals surface area contributed by atoms with Crippen molar-refractivity contribution in [2.45, 2.75) is 38.2 Å². The summed E-state index contributed by atoms with van der Waals surface area (Å²) < 4.78 is 0. The van der Waals surface area contributed by atoms with E-state index in [4.69, 9.17) is 0 Å². The Morgan fingerprint density at radius 2 is 1.92 bits per heavy atom. The number of nitro groups is 2. The average Bonchev–Trinajstić information content (AvgIpc) is 3.19. The molecule has 0 heterocycles. The minimum absolute atomic E-state index is 0.0407. The first-order valence-electron chi connectivity index (χ1n) is 8.34. The van der Waals surface area contributed by atoms with Crippen molar-refractivity contribution in [2.75, 3.05) is 5.43 Å². The van der Waals surface area contributed by atoms with E-state index in [0.717, 1.165) is 24.6 Å². The zero-order valence-electron chi connectivity index (χ0n) is 13.8. The molecule has 10 nitrogen and oxygen atoms in total. The number of carbonyl (C=O) groups excluding carboxylic acids is 1. The quantitative estimate of drug-likeness (QED) is 0.603. The molecule has 1 aromatic carbocycles. The van der Waals surface area contributed by atoms with Crippen LogP contribution in [0.15, 0.2) is 23.3 Å².